The topological polar surface area (TPSA) is 111 Å². The van der Waals surface area contributed by atoms with Gasteiger partial charge in [-0.3, -0.25) is 14.2 Å². The Labute approximate surface area is 528 Å². The summed E-state index contributed by atoms with van der Waals surface area (Å²) in [4.78, 5) is 38.1. The summed E-state index contributed by atoms with van der Waals surface area (Å²) in [6, 6.07) is 0. The van der Waals surface area contributed by atoms with Gasteiger partial charge in [0.15, 0.2) is 6.10 Å². The summed E-state index contributed by atoms with van der Waals surface area (Å²) in [6.45, 7) is 4.00. The Kier molecular flexibility index (Phi) is 61.8. The summed E-state index contributed by atoms with van der Waals surface area (Å²) in [7, 11) is 1.14. The van der Waals surface area contributed by atoms with E-state index in [0.717, 1.165) is 135 Å². The number of esters is 2. The largest absolute Gasteiger partial charge is 0.756 e. The van der Waals surface area contributed by atoms with Crippen molar-refractivity contribution in [2.24, 2.45) is 0 Å². The minimum absolute atomic E-state index is 0.0410. The van der Waals surface area contributed by atoms with Crippen LogP contribution < -0.4 is 4.89 Å². The van der Waals surface area contributed by atoms with Gasteiger partial charge in [-0.2, -0.15) is 0 Å². The minimum Gasteiger partial charge on any atom is -0.756 e. The number of phosphoric acid groups is 1. The predicted molar refractivity (Wildman–Crippen MR) is 369 cm³/mol. The molecule has 0 aliphatic rings. The van der Waals surface area contributed by atoms with Gasteiger partial charge in [-0.05, 0) is 122 Å². The molecule has 9 nitrogen and oxygen atoms in total. The van der Waals surface area contributed by atoms with E-state index in [0.29, 0.717) is 17.4 Å². The molecule has 0 aromatic rings. The van der Waals surface area contributed by atoms with Gasteiger partial charge in [0.05, 0.1) is 27.7 Å². The van der Waals surface area contributed by atoms with Gasteiger partial charge >= 0.3 is 11.9 Å². The fourth-order valence-electron chi connectivity index (χ4n) is 8.88. The lowest BCUT2D eigenvalue weighted by Crippen LogP contribution is -2.37. The van der Waals surface area contributed by atoms with Crippen LogP contribution in [-0.2, 0) is 32.7 Å². The zero-order chi connectivity index (χ0) is 62.6. The Hall–Kier alpha value is -4.37. The maximum Gasteiger partial charge on any atom is 0.306 e. The highest BCUT2D eigenvalue weighted by atomic mass is 31.2. The summed E-state index contributed by atoms with van der Waals surface area (Å²) in [5, 5.41) is 0. The van der Waals surface area contributed by atoms with Crippen LogP contribution in [0.4, 0.5) is 0 Å². The maximum absolute atomic E-state index is 12.9. The third-order valence-electron chi connectivity index (χ3n) is 14.0. The molecule has 0 fully saturated rings. The number of quaternary nitrogens is 1. The molecule has 0 saturated carbocycles. The zero-order valence-corrected chi connectivity index (χ0v) is 56.3. The number of likely N-dealkylation sites (N-methyl/N-ethyl adjacent to an activating group) is 1. The molecular formula is C76H126NO8P. The van der Waals surface area contributed by atoms with Crippen molar-refractivity contribution in [3.05, 3.63) is 158 Å². The monoisotopic (exact) mass is 1210 g/mol. The van der Waals surface area contributed by atoms with Crippen LogP contribution in [0.3, 0.4) is 0 Å². The third-order valence-corrected chi connectivity index (χ3v) is 15.0. The van der Waals surface area contributed by atoms with Crippen LogP contribution in [0.25, 0.3) is 0 Å². The molecule has 86 heavy (non-hydrogen) atoms. The number of rotatable bonds is 61. The van der Waals surface area contributed by atoms with Crippen molar-refractivity contribution in [1.29, 1.82) is 0 Å². The number of nitrogens with zero attached hydrogens (tertiary/aromatic N) is 1. The molecule has 0 rings (SSSR count). The number of carbonyl (C=O) groups is 2. The highest BCUT2D eigenvalue weighted by Gasteiger charge is 2.22. The van der Waals surface area contributed by atoms with Gasteiger partial charge in [-0.25, -0.2) is 0 Å². The van der Waals surface area contributed by atoms with Gasteiger partial charge in [0.25, 0.3) is 7.82 Å². The van der Waals surface area contributed by atoms with E-state index in [9.17, 15) is 19.0 Å². The molecule has 0 N–H and O–H groups in total. The molecular weight excluding hydrogens is 1090 g/mol. The highest BCUT2D eigenvalue weighted by Crippen LogP contribution is 2.38. The Morgan fingerprint density at radius 2 is 0.628 bits per heavy atom. The molecule has 0 bridgehead atoms. The van der Waals surface area contributed by atoms with E-state index < -0.39 is 32.5 Å². The van der Waals surface area contributed by atoms with Crippen molar-refractivity contribution >= 4 is 19.8 Å². The second kappa shape index (κ2) is 65.1. The van der Waals surface area contributed by atoms with Crippen LogP contribution in [-0.4, -0.2) is 70.0 Å². The molecule has 0 aliphatic carbocycles. The van der Waals surface area contributed by atoms with Crippen LogP contribution in [0, 0.1) is 0 Å². The third kappa shape index (κ3) is 68.7. The Bertz CT molecular complexity index is 2010. The van der Waals surface area contributed by atoms with Crippen molar-refractivity contribution in [2.75, 3.05) is 47.5 Å². The van der Waals surface area contributed by atoms with Gasteiger partial charge < -0.3 is 27.9 Å². The fraction of sp³-hybridized carbons (Fsp3) is 0.632. The molecule has 0 aromatic carbocycles. The lowest BCUT2D eigenvalue weighted by atomic mass is 10.0. The Morgan fingerprint density at radius 3 is 0.930 bits per heavy atom. The number of unbranched alkanes of at least 4 members (excludes halogenated alkanes) is 21. The van der Waals surface area contributed by atoms with E-state index in [1.165, 1.54) is 89.9 Å². The fourth-order valence-corrected chi connectivity index (χ4v) is 9.60. The maximum atomic E-state index is 12.9. The van der Waals surface area contributed by atoms with Crippen LogP contribution in [0.1, 0.15) is 258 Å². The van der Waals surface area contributed by atoms with Crippen molar-refractivity contribution < 1.29 is 42.1 Å². The van der Waals surface area contributed by atoms with Gasteiger partial charge in [-0.1, -0.05) is 281 Å². The van der Waals surface area contributed by atoms with Crippen molar-refractivity contribution in [3.8, 4) is 0 Å². The number of phosphoric ester groups is 1. The summed E-state index contributed by atoms with van der Waals surface area (Å²) in [5.74, 6) is -0.853. The molecule has 0 spiro atoms. The van der Waals surface area contributed by atoms with Crippen LogP contribution in [0.2, 0.25) is 0 Å². The molecule has 2 atom stereocenters. The second-order valence-electron chi connectivity index (χ2n) is 23.4. The first-order chi connectivity index (χ1) is 42.0. The molecule has 0 radical (unpaired) electrons. The average Bonchev–Trinajstić information content (AvgIpc) is 3.56. The average molecular weight is 1210 g/mol. The summed E-state index contributed by atoms with van der Waals surface area (Å²) in [5.41, 5.74) is 0. The molecule has 10 heteroatoms. The van der Waals surface area contributed by atoms with E-state index in [4.69, 9.17) is 18.5 Å². The Balaban J connectivity index is 4.15. The van der Waals surface area contributed by atoms with Gasteiger partial charge in [-0.15, -0.1) is 0 Å². The molecule has 0 aromatic heterocycles. The van der Waals surface area contributed by atoms with Crippen molar-refractivity contribution in [3.63, 3.8) is 0 Å². The zero-order valence-electron chi connectivity index (χ0n) is 55.4. The van der Waals surface area contributed by atoms with Crippen LogP contribution in [0.15, 0.2) is 158 Å². The minimum atomic E-state index is -4.66. The van der Waals surface area contributed by atoms with E-state index in [1.807, 2.05) is 21.1 Å². The molecule has 0 amide bonds. The first-order valence-corrected chi connectivity index (χ1v) is 35.7. The first-order valence-electron chi connectivity index (χ1n) is 34.2. The molecule has 488 valence electrons. The molecule has 0 heterocycles. The number of hydrogen-bond acceptors (Lipinski definition) is 8. The van der Waals surface area contributed by atoms with E-state index in [2.05, 4.69) is 172 Å². The molecule has 0 saturated heterocycles. The number of carbonyl (C=O) groups excluding carboxylic acids is 2. The first kappa shape index (κ1) is 81.6. The van der Waals surface area contributed by atoms with Gasteiger partial charge in [0, 0.05) is 12.8 Å². The quantitative estimate of drug-likeness (QED) is 0.0195. The SMILES string of the molecule is CC/C=C\C/C=C\C/C=C\C/C=C\C/C=C\C/C=C\C/C=C\C/C=C\C/C=C\CCCCCCCCCC(=O)OC(COC(=O)CCCCCCCCCCCCCCCC/C=C\C/C=C\C/C=C\C/C=C\CC)COP(=O)([O-])OCC[N+](C)(C)C. The lowest BCUT2D eigenvalue weighted by Gasteiger charge is -2.28. The summed E-state index contributed by atoms with van der Waals surface area (Å²) < 4.78 is 34.3. The molecule has 0 aliphatic heterocycles. The van der Waals surface area contributed by atoms with E-state index in [1.54, 1.807) is 0 Å². The van der Waals surface area contributed by atoms with E-state index in [-0.39, 0.29) is 26.1 Å². The summed E-state index contributed by atoms with van der Waals surface area (Å²) >= 11 is 0. The molecule has 2 unspecified atom stereocenters. The standard InChI is InChI=1S/C76H126NO8P/c1-6-8-10-12-14-16-18-20-22-24-26-28-30-32-34-35-36-37-38-39-40-41-43-45-47-49-51-53-55-57-59-61-63-65-67-69-76(79)85-74(73-84-86(80,81)83-71-70-77(3,4)5)72-82-75(78)68-66-64-62-60-58-56-54-52-50-48-46-44-42-33-31-29-27-25-23-21-19-17-15-13-11-9-7-2/h8-11,14-17,20-23,26-29,32,34,36-37,39-40,43,45,49,51,74H,6-7,12-13,18-19,24-25,30-31,33,35,38,41-42,44,46-48,50,52-73H2,1-5H3/b10-8-,11-9-,16-14-,17-15-,22-20-,23-21-,28-26-,29-27-,34-32-,37-36-,40-39-,45-43-,51-49-. The van der Waals surface area contributed by atoms with E-state index >= 15 is 0 Å². The predicted octanol–water partition coefficient (Wildman–Crippen LogP) is 21.7. The van der Waals surface area contributed by atoms with Crippen LogP contribution >= 0.6 is 7.82 Å². The van der Waals surface area contributed by atoms with Crippen molar-refractivity contribution in [2.45, 2.75) is 264 Å². The lowest BCUT2D eigenvalue weighted by molar-refractivity contribution is -0.870. The smallest absolute Gasteiger partial charge is 0.306 e. The number of hydrogen-bond donors (Lipinski definition) is 0. The van der Waals surface area contributed by atoms with Gasteiger partial charge in [0.1, 0.15) is 19.8 Å². The number of allylic oxidation sites excluding steroid dienone is 26. The summed E-state index contributed by atoms with van der Waals surface area (Å²) in [6.07, 6.45) is 97.3. The second-order valence-corrected chi connectivity index (χ2v) is 24.8. The highest BCUT2D eigenvalue weighted by molar-refractivity contribution is 7.45. The Morgan fingerprint density at radius 1 is 0.360 bits per heavy atom. The van der Waals surface area contributed by atoms with Crippen molar-refractivity contribution in [1.82, 2.24) is 0 Å². The number of ether oxygens (including phenoxy) is 2. The normalized spacial score (nSPS) is 14.2. The van der Waals surface area contributed by atoms with Gasteiger partial charge in [0.2, 0.25) is 0 Å². The van der Waals surface area contributed by atoms with Crippen LogP contribution in [0.5, 0.6) is 0 Å².